The monoisotopic (exact) mass is 242 g/mol. The van der Waals surface area contributed by atoms with Gasteiger partial charge in [0.2, 0.25) is 0 Å². The summed E-state index contributed by atoms with van der Waals surface area (Å²) in [7, 11) is 0. The first-order valence-corrected chi connectivity index (χ1v) is 6.14. The number of hydrogen-bond acceptors (Lipinski definition) is 2. The molecule has 1 aromatic carbocycles. The number of benzene rings is 1. The number of hydrogen-bond donors (Lipinski definition) is 0. The molecule has 0 saturated carbocycles. The molecule has 1 aromatic rings. The van der Waals surface area contributed by atoms with Crippen molar-refractivity contribution in [1.29, 1.82) is 0 Å². The highest BCUT2D eigenvalue weighted by Crippen LogP contribution is 2.33. The Morgan fingerprint density at radius 3 is 2.28 bits per heavy atom. The fourth-order valence-electron chi connectivity index (χ4n) is 2.35. The van der Waals surface area contributed by atoms with Crippen molar-refractivity contribution in [2.24, 2.45) is 5.41 Å². The van der Waals surface area contributed by atoms with Crippen molar-refractivity contribution in [2.45, 2.75) is 34.6 Å². The van der Waals surface area contributed by atoms with Crippen molar-refractivity contribution in [3.05, 3.63) is 40.0 Å². The van der Waals surface area contributed by atoms with E-state index in [9.17, 15) is 9.59 Å². The quantitative estimate of drug-likeness (QED) is 0.706. The van der Waals surface area contributed by atoms with Crippen LogP contribution in [0.1, 0.15) is 47.8 Å². The smallest absolute Gasteiger partial charge is 0.197 e. The second-order valence-corrected chi connectivity index (χ2v) is 6.01. The first kappa shape index (κ1) is 12.7. The maximum Gasteiger partial charge on any atom is 0.197 e. The zero-order chi connectivity index (χ0) is 13.7. The zero-order valence-corrected chi connectivity index (χ0v) is 11.5. The normalized spacial score (nSPS) is 14.5. The van der Waals surface area contributed by atoms with E-state index in [0.717, 1.165) is 16.7 Å². The number of rotatable bonds is 1. The Labute approximate surface area is 108 Å². The van der Waals surface area contributed by atoms with Crippen LogP contribution in [0.25, 0.3) is 6.08 Å². The minimum absolute atomic E-state index is 0.0826. The van der Waals surface area contributed by atoms with Crippen LogP contribution in [0.15, 0.2) is 17.7 Å². The zero-order valence-electron chi connectivity index (χ0n) is 11.5. The molecule has 0 amide bonds. The van der Waals surface area contributed by atoms with Crippen LogP contribution in [0.3, 0.4) is 0 Å². The second kappa shape index (κ2) is 3.91. The lowest BCUT2D eigenvalue weighted by atomic mass is 9.85. The van der Waals surface area contributed by atoms with Gasteiger partial charge < -0.3 is 0 Å². The van der Waals surface area contributed by atoms with Crippen LogP contribution in [0, 0.1) is 19.3 Å². The molecule has 2 rings (SSSR count). The Balaban J connectivity index is 2.54. The van der Waals surface area contributed by atoms with Crippen LogP contribution in [-0.4, -0.2) is 11.6 Å². The van der Waals surface area contributed by atoms with Crippen LogP contribution >= 0.6 is 0 Å². The first-order chi connectivity index (χ1) is 8.21. The van der Waals surface area contributed by atoms with Gasteiger partial charge in [-0.05, 0) is 31.1 Å². The van der Waals surface area contributed by atoms with Crippen molar-refractivity contribution < 1.29 is 9.59 Å². The maximum absolute atomic E-state index is 12.3. The first-order valence-electron chi connectivity index (χ1n) is 6.14. The summed E-state index contributed by atoms with van der Waals surface area (Å²) in [6.07, 6.45) is 1.74. The third-order valence-corrected chi connectivity index (χ3v) is 3.21. The topological polar surface area (TPSA) is 34.1 Å². The third-order valence-electron chi connectivity index (χ3n) is 3.21. The van der Waals surface area contributed by atoms with Crippen LogP contribution in [-0.2, 0) is 4.79 Å². The van der Waals surface area contributed by atoms with E-state index in [2.05, 4.69) is 0 Å². The Morgan fingerprint density at radius 2 is 1.72 bits per heavy atom. The van der Waals surface area contributed by atoms with Crippen LogP contribution in [0.4, 0.5) is 0 Å². The van der Waals surface area contributed by atoms with E-state index in [-0.39, 0.29) is 11.6 Å². The minimum atomic E-state index is -0.521. The Bertz CT molecular complexity index is 584. The van der Waals surface area contributed by atoms with Crippen molar-refractivity contribution in [3.63, 3.8) is 0 Å². The predicted octanol–water partition coefficient (Wildman–Crippen LogP) is 3.50. The highest BCUT2D eigenvalue weighted by Gasteiger charge is 2.34. The molecule has 0 bridgehead atoms. The molecule has 0 aromatic heterocycles. The molecular formula is C16H18O2. The van der Waals surface area contributed by atoms with Gasteiger partial charge in [-0.3, -0.25) is 9.59 Å². The van der Waals surface area contributed by atoms with Crippen LogP contribution < -0.4 is 0 Å². The standard InChI is InChI=1S/C16H18O2/c1-9-6-10(2)13-11(7-9)8-12(14(13)17)15(18)16(3,4)5/h6-8H,1-5H3. The lowest BCUT2D eigenvalue weighted by Gasteiger charge is -2.16. The molecule has 0 N–H and O–H groups in total. The van der Waals surface area contributed by atoms with Gasteiger partial charge in [-0.25, -0.2) is 0 Å². The van der Waals surface area contributed by atoms with Gasteiger partial charge in [-0.15, -0.1) is 0 Å². The molecule has 0 saturated heterocycles. The van der Waals surface area contributed by atoms with Gasteiger partial charge >= 0.3 is 0 Å². The summed E-state index contributed by atoms with van der Waals surface area (Å²) in [6.45, 7) is 9.43. The molecule has 2 nitrogen and oxygen atoms in total. The number of Topliss-reactive ketones (excluding diaryl/α,β-unsaturated/α-hetero) is 2. The van der Waals surface area contributed by atoms with Gasteiger partial charge in [0.05, 0.1) is 5.57 Å². The van der Waals surface area contributed by atoms with E-state index in [4.69, 9.17) is 0 Å². The van der Waals surface area contributed by atoms with E-state index in [1.165, 1.54) is 0 Å². The van der Waals surface area contributed by atoms with Gasteiger partial charge in [-0.1, -0.05) is 38.5 Å². The largest absolute Gasteiger partial charge is 0.293 e. The summed E-state index contributed by atoms with van der Waals surface area (Å²) in [5.74, 6) is -0.205. The Morgan fingerprint density at radius 1 is 1.11 bits per heavy atom. The number of allylic oxidation sites excluding steroid dienone is 1. The van der Waals surface area contributed by atoms with E-state index in [1.807, 2.05) is 46.8 Å². The number of fused-ring (bicyclic) bond motifs is 1. The molecule has 1 aliphatic carbocycles. The molecule has 0 fully saturated rings. The van der Waals surface area contributed by atoms with Gasteiger partial charge in [0.1, 0.15) is 0 Å². The molecule has 18 heavy (non-hydrogen) atoms. The van der Waals surface area contributed by atoms with Gasteiger partial charge in [0, 0.05) is 11.0 Å². The number of ketones is 2. The summed E-state index contributed by atoms with van der Waals surface area (Å²) in [6, 6.07) is 3.94. The fourth-order valence-corrected chi connectivity index (χ4v) is 2.35. The highest BCUT2D eigenvalue weighted by atomic mass is 16.2. The molecule has 0 heterocycles. The molecule has 0 spiro atoms. The van der Waals surface area contributed by atoms with Crippen LogP contribution in [0.2, 0.25) is 0 Å². The molecule has 94 valence electrons. The summed E-state index contributed by atoms with van der Waals surface area (Å²) in [5.41, 5.74) is 3.43. The van der Waals surface area contributed by atoms with Gasteiger partial charge in [0.15, 0.2) is 11.6 Å². The van der Waals surface area contributed by atoms with E-state index < -0.39 is 5.41 Å². The predicted molar refractivity (Wildman–Crippen MR) is 72.7 cm³/mol. The van der Waals surface area contributed by atoms with Crippen molar-refractivity contribution in [3.8, 4) is 0 Å². The van der Waals surface area contributed by atoms with Crippen molar-refractivity contribution in [2.75, 3.05) is 0 Å². The average molecular weight is 242 g/mol. The molecule has 0 unspecified atom stereocenters. The molecule has 0 radical (unpaired) electrons. The molecule has 0 aliphatic heterocycles. The van der Waals surface area contributed by atoms with E-state index in [1.54, 1.807) is 6.08 Å². The average Bonchev–Trinajstić information content (AvgIpc) is 2.53. The SMILES string of the molecule is Cc1cc(C)c2c(c1)C=C(C(=O)C(C)(C)C)C2=O. The minimum Gasteiger partial charge on any atom is -0.293 e. The van der Waals surface area contributed by atoms with E-state index in [0.29, 0.717) is 11.1 Å². The van der Waals surface area contributed by atoms with Crippen molar-refractivity contribution >= 4 is 17.6 Å². The van der Waals surface area contributed by atoms with Gasteiger partial charge in [0.25, 0.3) is 0 Å². The second-order valence-electron chi connectivity index (χ2n) is 6.01. The summed E-state index contributed by atoms with van der Waals surface area (Å²) >= 11 is 0. The Kier molecular flexibility index (Phi) is 2.77. The third kappa shape index (κ3) is 1.92. The molecular weight excluding hydrogens is 224 g/mol. The molecule has 2 heteroatoms. The Hall–Kier alpha value is -1.70. The number of carbonyl (C=O) groups excluding carboxylic acids is 2. The summed E-state index contributed by atoms with van der Waals surface area (Å²) in [5, 5.41) is 0. The lowest BCUT2D eigenvalue weighted by molar-refractivity contribution is -0.122. The lowest BCUT2D eigenvalue weighted by Crippen LogP contribution is -2.24. The van der Waals surface area contributed by atoms with E-state index >= 15 is 0 Å². The fraction of sp³-hybridized carbons (Fsp3) is 0.375. The van der Waals surface area contributed by atoms with Crippen LogP contribution in [0.5, 0.6) is 0 Å². The molecule has 1 aliphatic rings. The van der Waals surface area contributed by atoms with Gasteiger partial charge in [-0.2, -0.15) is 0 Å². The maximum atomic E-state index is 12.3. The molecule has 0 atom stereocenters. The summed E-state index contributed by atoms with van der Waals surface area (Å²) in [4.78, 5) is 24.6. The van der Waals surface area contributed by atoms with Crippen molar-refractivity contribution in [1.82, 2.24) is 0 Å². The number of aryl methyl sites for hydroxylation is 2. The summed E-state index contributed by atoms with van der Waals surface area (Å²) < 4.78 is 0. The highest BCUT2D eigenvalue weighted by molar-refractivity contribution is 6.34. The number of carbonyl (C=O) groups is 2.